The number of benzene rings is 10. The average molecular weight is 778 g/mol. The predicted octanol–water partition coefficient (Wildman–Crippen LogP) is 15.2. The smallest absolute Gasteiger partial charge is 0.164 e. The fourth-order valence-electron chi connectivity index (χ4n) is 8.84. The zero-order valence-electron chi connectivity index (χ0n) is 33.0. The van der Waals surface area contributed by atoms with Gasteiger partial charge in [-0.1, -0.05) is 176 Å². The van der Waals surface area contributed by atoms with Gasteiger partial charge in [0.2, 0.25) is 0 Å². The molecule has 284 valence electrons. The maximum absolute atomic E-state index is 6.63. The second-order valence-corrected chi connectivity index (χ2v) is 15.6. The Kier molecular flexibility index (Phi) is 8.13. The Hall–Kier alpha value is -8.21. The first-order valence-corrected chi connectivity index (χ1v) is 20.6. The molecule has 0 radical (unpaired) electrons. The summed E-state index contributed by atoms with van der Waals surface area (Å²) in [6.45, 7) is 0. The van der Waals surface area contributed by atoms with E-state index < -0.39 is 0 Å². The molecule has 0 saturated heterocycles. The quantitative estimate of drug-likeness (QED) is 0.169. The molecule has 10 aromatic carbocycles. The van der Waals surface area contributed by atoms with Crippen LogP contribution in [0.25, 0.3) is 122 Å². The third-order valence-corrected chi connectivity index (χ3v) is 11.9. The van der Waals surface area contributed by atoms with E-state index in [2.05, 4.69) is 152 Å². The van der Waals surface area contributed by atoms with Crippen LogP contribution in [-0.2, 0) is 0 Å². The highest BCUT2D eigenvalue weighted by molar-refractivity contribution is 6.22. The minimum absolute atomic E-state index is 0.649. The molecule has 0 bridgehead atoms. The van der Waals surface area contributed by atoms with E-state index in [9.17, 15) is 0 Å². The molecular weight excluding hydrogens is 743 g/mol. The molecule has 0 N–H and O–H groups in total. The number of nitrogens with zero attached hydrogens (tertiary/aromatic N) is 3. The summed E-state index contributed by atoms with van der Waals surface area (Å²) in [6.07, 6.45) is 0. The van der Waals surface area contributed by atoms with Crippen molar-refractivity contribution in [1.29, 1.82) is 0 Å². The molecule has 2 heterocycles. The van der Waals surface area contributed by atoms with Crippen molar-refractivity contribution < 1.29 is 4.42 Å². The van der Waals surface area contributed by atoms with Gasteiger partial charge >= 0.3 is 0 Å². The van der Waals surface area contributed by atoms with Gasteiger partial charge in [-0.2, -0.15) is 0 Å². The molecule has 2 aromatic heterocycles. The molecule has 0 aliphatic carbocycles. The highest BCUT2D eigenvalue weighted by Gasteiger charge is 2.18. The van der Waals surface area contributed by atoms with Crippen molar-refractivity contribution in [2.24, 2.45) is 0 Å². The molecule has 0 amide bonds. The van der Waals surface area contributed by atoms with E-state index in [-0.39, 0.29) is 0 Å². The summed E-state index contributed by atoms with van der Waals surface area (Å²) in [5.74, 6) is 1.96. The maximum Gasteiger partial charge on any atom is 0.164 e. The Morgan fingerprint density at radius 3 is 1.33 bits per heavy atom. The predicted molar refractivity (Wildman–Crippen MR) is 252 cm³/mol. The second-order valence-electron chi connectivity index (χ2n) is 15.6. The molecule has 0 unspecified atom stereocenters. The first kappa shape index (κ1) is 34.8. The summed E-state index contributed by atoms with van der Waals surface area (Å²) < 4.78 is 6.63. The van der Waals surface area contributed by atoms with Crippen LogP contribution < -0.4 is 0 Å². The first-order chi connectivity index (χ1) is 30.2. The summed E-state index contributed by atoms with van der Waals surface area (Å²) in [7, 11) is 0. The van der Waals surface area contributed by atoms with Crippen molar-refractivity contribution in [2.45, 2.75) is 0 Å². The van der Waals surface area contributed by atoms with Gasteiger partial charge in [-0.15, -0.1) is 0 Å². The van der Waals surface area contributed by atoms with Crippen molar-refractivity contribution >= 4 is 54.3 Å². The lowest BCUT2D eigenvalue weighted by Crippen LogP contribution is -2.00. The first-order valence-electron chi connectivity index (χ1n) is 20.6. The van der Waals surface area contributed by atoms with Gasteiger partial charge in [0.15, 0.2) is 17.5 Å². The molecule has 0 atom stereocenters. The van der Waals surface area contributed by atoms with Gasteiger partial charge in [-0.3, -0.25) is 0 Å². The number of hydrogen-bond acceptors (Lipinski definition) is 4. The van der Waals surface area contributed by atoms with Crippen molar-refractivity contribution in [3.8, 4) is 67.5 Å². The molecule has 0 fully saturated rings. The molecule has 61 heavy (non-hydrogen) atoms. The summed E-state index contributed by atoms with van der Waals surface area (Å²) in [5.41, 5.74) is 11.8. The third kappa shape index (κ3) is 6.12. The second kappa shape index (κ2) is 14.3. The van der Waals surface area contributed by atoms with E-state index in [0.717, 1.165) is 54.8 Å². The molecule has 0 aliphatic rings. The normalized spacial score (nSPS) is 11.6. The number of furan rings is 1. The van der Waals surface area contributed by atoms with Crippen molar-refractivity contribution in [2.75, 3.05) is 0 Å². The Morgan fingerprint density at radius 2 is 0.738 bits per heavy atom. The molecule has 4 nitrogen and oxygen atoms in total. The highest BCUT2D eigenvalue weighted by Crippen LogP contribution is 2.43. The van der Waals surface area contributed by atoms with Crippen LogP contribution in [0.3, 0.4) is 0 Å². The van der Waals surface area contributed by atoms with Gasteiger partial charge in [0.05, 0.1) is 0 Å². The number of hydrogen-bond donors (Lipinski definition) is 0. The maximum atomic E-state index is 6.63. The van der Waals surface area contributed by atoms with Crippen molar-refractivity contribution in [3.05, 3.63) is 212 Å². The van der Waals surface area contributed by atoms with Crippen LogP contribution in [0.2, 0.25) is 0 Å². The minimum atomic E-state index is 0.649. The van der Waals surface area contributed by atoms with E-state index >= 15 is 0 Å². The van der Waals surface area contributed by atoms with Gasteiger partial charge in [0, 0.05) is 32.8 Å². The SMILES string of the molecule is c1ccc(-c2nc(-c3ccccc3)nc(-c3ccc4cc(-c5ccc6cc(-c7cc8c(oc9cccc(-c%10ccccc%10)c98)c8ccccc78)ccc6c5)ccc4c3)n2)cc1. The molecule has 0 saturated carbocycles. The topological polar surface area (TPSA) is 51.8 Å². The Bertz CT molecular complexity index is 3580. The van der Waals surface area contributed by atoms with Crippen LogP contribution in [0.15, 0.2) is 217 Å². The summed E-state index contributed by atoms with van der Waals surface area (Å²) in [6, 6.07) is 74.8. The monoisotopic (exact) mass is 777 g/mol. The van der Waals surface area contributed by atoms with Crippen LogP contribution in [0.4, 0.5) is 0 Å². The Labute approximate surface area is 352 Å². The summed E-state index contributed by atoms with van der Waals surface area (Å²) in [4.78, 5) is 14.8. The molecule has 4 heteroatoms. The van der Waals surface area contributed by atoms with Crippen LogP contribution in [0.5, 0.6) is 0 Å². The standard InChI is InChI=1S/C57H35N3O/c1-4-13-36(14-5-1)47-21-12-22-52-53(47)51-35-50(48-19-10-11-20-49(48)54(51)61-52)45-29-27-41-31-39(23-25-43(41)33-45)40-24-26-44-34-46(30-28-42(44)32-40)57-59-55(37-15-6-2-7-16-37)58-56(60-57)38-17-8-3-9-18-38/h1-35H. The lowest BCUT2D eigenvalue weighted by molar-refractivity contribution is 0.673. The fraction of sp³-hybridized carbons (Fsp3) is 0. The summed E-state index contributed by atoms with van der Waals surface area (Å²) in [5, 5.41) is 9.24. The van der Waals surface area contributed by atoms with Gasteiger partial charge in [0.1, 0.15) is 11.2 Å². The zero-order valence-corrected chi connectivity index (χ0v) is 33.0. The van der Waals surface area contributed by atoms with Crippen LogP contribution in [-0.4, -0.2) is 15.0 Å². The van der Waals surface area contributed by atoms with Gasteiger partial charge < -0.3 is 4.42 Å². The number of rotatable bonds is 6. The molecule has 12 aromatic rings. The summed E-state index contributed by atoms with van der Waals surface area (Å²) >= 11 is 0. The molecular formula is C57H35N3O. The molecule has 0 spiro atoms. The zero-order chi connectivity index (χ0) is 40.3. The average Bonchev–Trinajstić information content (AvgIpc) is 3.73. The van der Waals surface area contributed by atoms with Gasteiger partial charge in [-0.05, 0) is 96.7 Å². The number of fused-ring (bicyclic) bond motifs is 7. The molecule has 0 aliphatic heterocycles. The fourth-order valence-corrected chi connectivity index (χ4v) is 8.84. The third-order valence-electron chi connectivity index (χ3n) is 11.9. The Balaban J connectivity index is 0.903. The van der Waals surface area contributed by atoms with Crippen molar-refractivity contribution in [3.63, 3.8) is 0 Å². The lowest BCUT2D eigenvalue weighted by Gasteiger charge is -2.11. The lowest BCUT2D eigenvalue weighted by atomic mass is 9.92. The van der Waals surface area contributed by atoms with Gasteiger partial charge in [0.25, 0.3) is 0 Å². The van der Waals surface area contributed by atoms with E-state index in [4.69, 9.17) is 19.4 Å². The van der Waals surface area contributed by atoms with E-state index in [0.29, 0.717) is 17.5 Å². The van der Waals surface area contributed by atoms with E-state index in [1.54, 1.807) is 0 Å². The van der Waals surface area contributed by atoms with Crippen LogP contribution in [0.1, 0.15) is 0 Å². The van der Waals surface area contributed by atoms with E-state index in [1.165, 1.54) is 49.5 Å². The molecule has 12 rings (SSSR count). The Morgan fingerprint density at radius 1 is 0.279 bits per heavy atom. The van der Waals surface area contributed by atoms with Crippen LogP contribution in [0, 0.1) is 0 Å². The van der Waals surface area contributed by atoms with Crippen LogP contribution >= 0.6 is 0 Å². The van der Waals surface area contributed by atoms with Crippen molar-refractivity contribution in [1.82, 2.24) is 15.0 Å². The van der Waals surface area contributed by atoms with E-state index in [1.807, 2.05) is 60.7 Å². The van der Waals surface area contributed by atoms with Gasteiger partial charge in [-0.25, -0.2) is 15.0 Å². The number of aromatic nitrogens is 3. The highest BCUT2D eigenvalue weighted by atomic mass is 16.3. The largest absolute Gasteiger partial charge is 0.455 e. The minimum Gasteiger partial charge on any atom is -0.455 e.